The number of amides is 3. The summed E-state index contributed by atoms with van der Waals surface area (Å²) in [7, 11) is 0. The number of rotatable bonds is 7. The van der Waals surface area contributed by atoms with Crippen molar-refractivity contribution >= 4 is 17.9 Å². The van der Waals surface area contributed by atoms with Crippen LogP contribution >= 0.6 is 0 Å². The van der Waals surface area contributed by atoms with Crippen molar-refractivity contribution in [2.75, 3.05) is 0 Å². The highest BCUT2D eigenvalue weighted by molar-refractivity contribution is 6.07. The van der Waals surface area contributed by atoms with E-state index in [0.29, 0.717) is 0 Å². The van der Waals surface area contributed by atoms with E-state index in [-0.39, 0.29) is 18.9 Å². The molecule has 0 radical (unpaired) electrons. The van der Waals surface area contributed by atoms with E-state index in [1.165, 1.54) is 4.90 Å². The van der Waals surface area contributed by atoms with Gasteiger partial charge in [0, 0.05) is 13.0 Å². The third kappa shape index (κ3) is 3.91. The molecular weight excluding hydrogens is 356 g/mol. The van der Waals surface area contributed by atoms with Crippen LogP contribution in [0.5, 0.6) is 0 Å². The number of benzene rings is 2. The normalized spacial score (nSPS) is 18.0. The van der Waals surface area contributed by atoms with Crippen LogP contribution in [-0.4, -0.2) is 44.9 Å². The largest absolute Gasteiger partial charge is 0.480 e. The minimum Gasteiger partial charge on any atom is -0.480 e. The molecule has 2 aromatic carbocycles. The molecule has 0 aromatic heterocycles. The van der Waals surface area contributed by atoms with E-state index >= 15 is 0 Å². The van der Waals surface area contributed by atoms with Crippen LogP contribution in [-0.2, 0) is 22.6 Å². The van der Waals surface area contributed by atoms with Crippen molar-refractivity contribution in [3.63, 3.8) is 0 Å². The van der Waals surface area contributed by atoms with Crippen molar-refractivity contribution in [1.29, 1.82) is 0 Å². The molecule has 1 saturated heterocycles. The lowest BCUT2D eigenvalue weighted by Crippen LogP contribution is -2.47. The maximum atomic E-state index is 13.1. The molecule has 0 aliphatic carbocycles. The second-order valence-corrected chi connectivity index (χ2v) is 7.34. The first-order chi connectivity index (χ1) is 13.4. The summed E-state index contributed by atoms with van der Waals surface area (Å²) in [5, 5.41) is 9.77. The van der Waals surface area contributed by atoms with Crippen LogP contribution < -0.4 is 0 Å². The number of carbonyl (C=O) groups is 3. The lowest BCUT2D eigenvalue weighted by Gasteiger charge is -2.24. The van der Waals surface area contributed by atoms with E-state index in [1.54, 1.807) is 24.3 Å². The van der Waals surface area contributed by atoms with E-state index in [0.717, 1.165) is 16.0 Å². The average Bonchev–Trinajstić information content (AvgIpc) is 2.91. The molecule has 2 unspecified atom stereocenters. The highest BCUT2D eigenvalue weighted by atomic mass is 16.4. The standard InChI is InChI=1S/C22H24N2O4/c1-15(2)19-20(25)24(18(21(26)27)13-16-9-5-3-6-10-16)22(28)23(19)14-17-11-7-4-8-12-17/h3-12,15,18-19H,13-14H2,1-2H3,(H,26,27). The summed E-state index contributed by atoms with van der Waals surface area (Å²) >= 11 is 0. The maximum Gasteiger partial charge on any atom is 0.328 e. The fourth-order valence-electron chi connectivity index (χ4n) is 3.63. The van der Waals surface area contributed by atoms with Crippen LogP contribution in [0.15, 0.2) is 60.7 Å². The number of carboxylic acids is 1. The lowest BCUT2D eigenvalue weighted by molar-refractivity contribution is -0.147. The molecule has 28 heavy (non-hydrogen) atoms. The Hall–Kier alpha value is -3.15. The van der Waals surface area contributed by atoms with Crippen LogP contribution in [0.2, 0.25) is 0 Å². The first-order valence-corrected chi connectivity index (χ1v) is 9.34. The molecule has 3 rings (SSSR count). The zero-order chi connectivity index (χ0) is 20.3. The van der Waals surface area contributed by atoms with Crippen molar-refractivity contribution in [3.05, 3.63) is 71.8 Å². The Labute approximate surface area is 164 Å². The molecule has 0 spiro atoms. The quantitative estimate of drug-likeness (QED) is 0.749. The lowest BCUT2D eigenvalue weighted by atomic mass is 10.0. The van der Waals surface area contributed by atoms with Gasteiger partial charge in [-0.25, -0.2) is 14.5 Å². The van der Waals surface area contributed by atoms with E-state index in [1.807, 2.05) is 50.2 Å². The molecule has 6 heteroatoms. The summed E-state index contributed by atoms with van der Waals surface area (Å²) in [4.78, 5) is 40.6. The SMILES string of the molecule is CC(C)C1C(=O)N(C(Cc2ccccc2)C(=O)O)C(=O)N1Cc1ccccc1. The fourth-order valence-corrected chi connectivity index (χ4v) is 3.63. The van der Waals surface area contributed by atoms with Crippen molar-refractivity contribution in [1.82, 2.24) is 9.80 Å². The van der Waals surface area contributed by atoms with Crippen LogP contribution in [0.25, 0.3) is 0 Å². The van der Waals surface area contributed by atoms with Gasteiger partial charge in [-0.15, -0.1) is 0 Å². The minimum absolute atomic E-state index is 0.0810. The number of carbonyl (C=O) groups excluding carboxylic acids is 2. The van der Waals surface area contributed by atoms with Gasteiger partial charge >= 0.3 is 12.0 Å². The van der Waals surface area contributed by atoms with Crippen molar-refractivity contribution in [2.45, 2.75) is 38.9 Å². The molecule has 2 aromatic rings. The van der Waals surface area contributed by atoms with E-state index in [4.69, 9.17) is 0 Å². The number of hydrogen-bond donors (Lipinski definition) is 1. The van der Waals surface area contributed by atoms with Gasteiger partial charge in [-0.05, 0) is 17.0 Å². The molecule has 1 heterocycles. The summed E-state index contributed by atoms with van der Waals surface area (Å²) < 4.78 is 0. The molecule has 1 fully saturated rings. The number of aliphatic carboxylic acids is 1. The molecule has 146 valence electrons. The van der Waals surface area contributed by atoms with Crippen LogP contribution in [0.4, 0.5) is 4.79 Å². The Kier molecular flexibility index (Phi) is 5.78. The summed E-state index contributed by atoms with van der Waals surface area (Å²) in [6.45, 7) is 4.00. The zero-order valence-corrected chi connectivity index (χ0v) is 16.0. The van der Waals surface area contributed by atoms with Gasteiger partial charge in [0.1, 0.15) is 12.1 Å². The highest BCUT2D eigenvalue weighted by Gasteiger charge is 2.50. The Bertz CT molecular complexity index is 851. The van der Waals surface area contributed by atoms with Crippen LogP contribution in [0.3, 0.4) is 0 Å². The van der Waals surface area contributed by atoms with Gasteiger partial charge in [-0.1, -0.05) is 74.5 Å². The van der Waals surface area contributed by atoms with Crippen LogP contribution in [0.1, 0.15) is 25.0 Å². The third-order valence-electron chi connectivity index (χ3n) is 4.97. The Morgan fingerprint density at radius 3 is 2.00 bits per heavy atom. The number of nitrogens with zero attached hydrogens (tertiary/aromatic N) is 2. The Balaban J connectivity index is 1.92. The summed E-state index contributed by atoms with van der Waals surface area (Å²) in [6, 6.07) is 16.0. The van der Waals surface area contributed by atoms with Crippen molar-refractivity contribution in [2.24, 2.45) is 5.92 Å². The second kappa shape index (κ2) is 8.25. The number of hydrogen-bond acceptors (Lipinski definition) is 3. The monoisotopic (exact) mass is 380 g/mol. The molecule has 1 aliphatic rings. The third-order valence-corrected chi connectivity index (χ3v) is 4.97. The molecule has 1 aliphatic heterocycles. The molecule has 0 bridgehead atoms. The van der Waals surface area contributed by atoms with E-state index in [9.17, 15) is 19.5 Å². The summed E-state index contributed by atoms with van der Waals surface area (Å²) in [6.07, 6.45) is 0.0810. The molecule has 3 amide bonds. The molecule has 2 atom stereocenters. The van der Waals surface area contributed by atoms with Gasteiger partial charge in [0.15, 0.2) is 0 Å². The predicted molar refractivity (Wildman–Crippen MR) is 104 cm³/mol. The number of imide groups is 1. The Morgan fingerprint density at radius 1 is 0.964 bits per heavy atom. The van der Waals surface area contributed by atoms with Crippen LogP contribution in [0, 0.1) is 5.92 Å². The van der Waals surface area contributed by atoms with Gasteiger partial charge in [-0.3, -0.25) is 4.79 Å². The highest BCUT2D eigenvalue weighted by Crippen LogP contribution is 2.28. The predicted octanol–water partition coefficient (Wildman–Crippen LogP) is 3.17. The van der Waals surface area contributed by atoms with Gasteiger partial charge in [-0.2, -0.15) is 0 Å². The molecule has 0 saturated carbocycles. The minimum atomic E-state index is -1.23. The van der Waals surface area contributed by atoms with Gasteiger partial charge in [0.2, 0.25) is 0 Å². The molecular formula is C22H24N2O4. The van der Waals surface area contributed by atoms with Crippen molar-refractivity contribution < 1.29 is 19.5 Å². The first-order valence-electron chi connectivity index (χ1n) is 9.34. The number of carboxylic acid groups (broad SMARTS) is 1. The fraction of sp³-hybridized carbons (Fsp3) is 0.318. The topological polar surface area (TPSA) is 77.9 Å². The number of urea groups is 1. The zero-order valence-electron chi connectivity index (χ0n) is 16.0. The average molecular weight is 380 g/mol. The molecule has 6 nitrogen and oxygen atoms in total. The maximum absolute atomic E-state index is 13.1. The summed E-state index contributed by atoms with van der Waals surface area (Å²) in [5.74, 6) is -1.76. The van der Waals surface area contributed by atoms with E-state index < -0.39 is 30.0 Å². The van der Waals surface area contributed by atoms with Gasteiger partial charge in [0.05, 0.1) is 0 Å². The van der Waals surface area contributed by atoms with Gasteiger partial charge in [0.25, 0.3) is 5.91 Å². The smallest absolute Gasteiger partial charge is 0.328 e. The second-order valence-electron chi connectivity index (χ2n) is 7.34. The van der Waals surface area contributed by atoms with Crippen molar-refractivity contribution in [3.8, 4) is 0 Å². The Morgan fingerprint density at radius 2 is 1.50 bits per heavy atom. The first kappa shape index (κ1) is 19.6. The summed E-state index contributed by atoms with van der Waals surface area (Å²) in [5.41, 5.74) is 1.66. The molecule has 1 N–H and O–H groups in total. The van der Waals surface area contributed by atoms with Gasteiger partial charge < -0.3 is 10.0 Å². The van der Waals surface area contributed by atoms with E-state index in [2.05, 4.69) is 0 Å².